The normalized spacial score (nSPS) is 15.4. The summed E-state index contributed by atoms with van der Waals surface area (Å²) in [5.74, 6) is -3.13. The predicted octanol–water partition coefficient (Wildman–Crippen LogP) is 16.8. The van der Waals surface area contributed by atoms with Gasteiger partial charge in [0, 0.05) is 101 Å². The van der Waals surface area contributed by atoms with E-state index in [4.69, 9.17) is 0 Å². The third kappa shape index (κ3) is 15.1. The smallest absolute Gasteiger partial charge is 0.262 e. The Labute approximate surface area is 527 Å². The zero-order valence-corrected chi connectivity index (χ0v) is 53.6. The van der Waals surface area contributed by atoms with Crippen LogP contribution < -0.4 is 10.6 Å². The Morgan fingerprint density at radius 2 is 1.01 bits per heavy atom. The molecule has 0 saturated carbocycles. The standard InChI is InChI=1S/C72H86N6O8S2/c1-5-9-13-17-21-25-35-75-67(81)53-40-48(44-74)61-64-56(70(84)77(71(61)85)37-27-23-19-15-11-7-3)41-51(58(46-80)63(53)64)59-33-31-49(87-59)29-30-50-32-34-60(88-50)52-42-54(68(82)76-36-26-22-18-14-10-6-2)62-57(45-79)47(43-73)39-55-65(62)66(52)72(86)78(69(55)83)38-28-24-20-16-12-8-4/h29-31,33,39-42,45-46,50,60H,5-28,32,34-38H2,1-4H3,(H,75,81)(H,76,82)/b30-29+. The molecular formula is C72H86N6O8S2. The van der Waals surface area contributed by atoms with E-state index in [0.717, 1.165) is 146 Å². The zero-order chi connectivity index (χ0) is 62.7. The molecule has 3 aliphatic rings. The lowest BCUT2D eigenvalue weighted by atomic mass is 9.82. The van der Waals surface area contributed by atoms with Crippen molar-refractivity contribution in [1.82, 2.24) is 20.4 Å². The van der Waals surface area contributed by atoms with Gasteiger partial charge in [-0.05, 0) is 86.6 Å². The summed E-state index contributed by atoms with van der Waals surface area (Å²) in [6, 6.07) is 14.2. The molecule has 0 spiro atoms. The maximum Gasteiger partial charge on any atom is 0.262 e. The zero-order valence-electron chi connectivity index (χ0n) is 52.0. The predicted molar refractivity (Wildman–Crippen MR) is 353 cm³/mol. The number of unbranched alkanes of at least 4 members (excludes halogenated alkanes) is 20. The van der Waals surface area contributed by atoms with Crippen LogP contribution in [0.1, 0.15) is 304 Å². The van der Waals surface area contributed by atoms with Gasteiger partial charge in [0.2, 0.25) is 0 Å². The Kier molecular flexibility index (Phi) is 24.9. The Balaban J connectivity index is 1.13. The molecule has 8 rings (SSSR count). The molecule has 88 heavy (non-hydrogen) atoms. The number of nitrogens with one attached hydrogen (secondary N) is 2. The fraction of sp³-hybridized carbons (Fsp3) is 0.500. The Bertz CT molecular complexity index is 3550. The van der Waals surface area contributed by atoms with Crippen molar-refractivity contribution in [2.75, 3.05) is 26.2 Å². The van der Waals surface area contributed by atoms with Gasteiger partial charge < -0.3 is 10.6 Å². The van der Waals surface area contributed by atoms with Crippen molar-refractivity contribution in [3.05, 3.63) is 109 Å². The van der Waals surface area contributed by atoms with Gasteiger partial charge in [0.15, 0.2) is 12.6 Å². The number of aldehydes is 2. The quantitative estimate of drug-likeness (QED) is 0.0218. The molecule has 2 N–H and O–H groups in total. The molecule has 0 aliphatic carbocycles. The fourth-order valence-electron chi connectivity index (χ4n) is 12.9. The maximum absolute atomic E-state index is 15.0. The molecule has 5 aromatic rings. The molecular weight excluding hydrogens is 1140 g/mol. The summed E-state index contributed by atoms with van der Waals surface area (Å²) in [6.45, 7) is 9.71. The van der Waals surface area contributed by atoms with Crippen molar-refractivity contribution in [1.29, 1.82) is 10.5 Å². The van der Waals surface area contributed by atoms with Crippen LogP contribution in [0.4, 0.5) is 0 Å². The lowest BCUT2D eigenvalue weighted by molar-refractivity contribution is 0.0591. The number of hydrogen-bond acceptors (Lipinski definition) is 12. The number of rotatable bonds is 36. The second kappa shape index (κ2) is 32.8. The van der Waals surface area contributed by atoms with Crippen LogP contribution in [0.25, 0.3) is 38.1 Å². The molecule has 0 radical (unpaired) electrons. The van der Waals surface area contributed by atoms with E-state index in [1.807, 2.05) is 18.2 Å². The van der Waals surface area contributed by atoms with Gasteiger partial charge in [0.1, 0.15) is 6.07 Å². The molecule has 6 amide bonds. The first kappa shape index (κ1) is 66.7. The van der Waals surface area contributed by atoms with Gasteiger partial charge in [-0.25, -0.2) is 0 Å². The van der Waals surface area contributed by atoms with Crippen LogP contribution in [-0.4, -0.2) is 89.2 Å². The summed E-state index contributed by atoms with van der Waals surface area (Å²) in [5, 5.41) is 27.4. The number of carbonyl (C=O) groups is 8. The molecule has 2 unspecified atom stereocenters. The van der Waals surface area contributed by atoms with Crippen LogP contribution in [0.5, 0.6) is 0 Å². The van der Waals surface area contributed by atoms with E-state index in [0.29, 0.717) is 67.3 Å². The number of imide groups is 2. The molecule has 1 fully saturated rings. The molecule has 0 bridgehead atoms. The van der Waals surface area contributed by atoms with E-state index in [2.05, 4.69) is 56.5 Å². The van der Waals surface area contributed by atoms with Crippen molar-refractivity contribution in [2.24, 2.45) is 0 Å². The van der Waals surface area contributed by atoms with E-state index in [9.17, 15) is 44.1 Å². The number of thiophene rings is 1. The summed E-state index contributed by atoms with van der Waals surface area (Å²) in [4.78, 5) is 118. The lowest BCUT2D eigenvalue weighted by Crippen LogP contribution is -2.42. The second-order valence-corrected chi connectivity index (χ2v) is 26.4. The number of nitriles is 2. The Morgan fingerprint density at radius 3 is 1.55 bits per heavy atom. The van der Waals surface area contributed by atoms with Crippen molar-refractivity contribution < 1.29 is 38.4 Å². The monoisotopic (exact) mass is 1230 g/mol. The first-order valence-electron chi connectivity index (χ1n) is 32.7. The molecule has 16 heteroatoms. The highest BCUT2D eigenvalue weighted by Crippen LogP contribution is 2.51. The van der Waals surface area contributed by atoms with Gasteiger partial charge >= 0.3 is 0 Å². The van der Waals surface area contributed by atoms with Crippen LogP contribution in [0.3, 0.4) is 0 Å². The van der Waals surface area contributed by atoms with E-state index in [-0.39, 0.29) is 101 Å². The molecule has 4 aromatic carbocycles. The molecule has 3 aliphatic heterocycles. The summed E-state index contributed by atoms with van der Waals surface area (Å²) >= 11 is 3.03. The molecule has 2 atom stereocenters. The van der Waals surface area contributed by atoms with Gasteiger partial charge in [-0.3, -0.25) is 48.2 Å². The number of hydrogen-bond donors (Lipinski definition) is 2. The summed E-state index contributed by atoms with van der Waals surface area (Å²) < 4.78 is 0. The molecule has 14 nitrogen and oxygen atoms in total. The first-order valence-corrected chi connectivity index (χ1v) is 34.5. The highest BCUT2D eigenvalue weighted by atomic mass is 32.2. The van der Waals surface area contributed by atoms with Crippen LogP contribution in [-0.2, 0) is 0 Å². The number of nitrogens with zero attached hydrogens (tertiary/aromatic N) is 4. The molecule has 4 heterocycles. The van der Waals surface area contributed by atoms with Gasteiger partial charge in [0.05, 0.1) is 33.9 Å². The summed E-state index contributed by atoms with van der Waals surface area (Å²) in [7, 11) is 0. The lowest BCUT2D eigenvalue weighted by Gasteiger charge is -2.31. The highest BCUT2D eigenvalue weighted by molar-refractivity contribution is 8.00. The first-order chi connectivity index (χ1) is 42.9. The van der Waals surface area contributed by atoms with Gasteiger partial charge in [-0.1, -0.05) is 162 Å². The second-order valence-electron chi connectivity index (χ2n) is 23.9. The van der Waals surface area contributed by atoms with Crippen LogP contribution in [0.2, 0.25) is 0 Å². The topological polar surface area (TPSA) is 215 Å². The van der Waals surface area contributed by atoms with Crippen LogP contribution >= 0.6 is 23.1 Å². The summed E-state index contributed by atoms with van der Waals surface area (Å²) in [5.41, 5.74) is 1.83. The van der Waals surface area contributed by atoms with Crippen molar-refractivity contribution in [3.8, 4) is 22.6 Å². The molecule has 1 saturated heterocycles. The van der Waals surface area contributed by atoms with Crippen LogP contribution in [0, 0.1) is 22.7 Å². The summed E-state index contributed by atoms with van der Waals surface area (Å²) in [6.07, 6.45) is 30.1. The average molecular weight is 1230 g/mol. The van der Waals surface area contributed by atoms with Gasteiger partial charge in [0.25, 0.3) is 35.4 Å². The molecule has 464 valence electrons. The maximum atomic E-state index is 15.0. The number of amides is 6. The fourth-order valence-corrected chi connectivity index (χ4v) is 15.3. The van der Waals surface area contributed by atoms with Crippen LogP contribution in [0.15, 0.2) is 42.5 Å². The third-order valence-corrected chi connectivity index (χ3v) is 20.3. The van der Waals surface area contributed by atoms with E-state index >= 15 is 4.79 Å². The number of benzene rings is 4. The minimum atomic E-state index is -0.616. The Morgan fingerprint density at radius 1 is 0.534 bits per heavy atom. The Hall–Kier alpha value is -7.27. The largest absolute Gasteiger partial charge is 0.352 e. The molecule has 1 aromatic heterocycles. The highest BCUT2D eigenvalue weighted by Gasteiger charge is 2.41. The van der Waals surface area contributed by atoms with E-state index in [1.54, 1.807) is 23.9 Å². The number of thioether (sulfide) groups is 1. The van der Waals surface area contributed by atoms with E-state index < -0.39 is 35.4 Å². The van der Waals surface area contributed by atoms with E-state index in [1.165, 1.54) is 33.3 Å². The van der Waals surface area contributed by atoms with Crippen molar-refractivity contribution in [3.63, 3.8) is 0 Å². The van der Waals surface area contributed by atoms with Gasteiger partial charge in [-0.15, -0.1) is 23.1 Å². The SMILES string of the molecule is CCCCCCCCNC(=O)c1cc(C#N)c2c3c(cc(-c4ccc(/C=C/C5CCC(c6cc(C(=O)NCCCCCCCC)c7c(C=O)c(C#N)cc8c7c6C(=O)N(CCCCCCCC)C8=O)S5)s4)c(C=O)c13)C(=O)N(CCCCCCCC)C2=O. The average Bonchev–Trinajstić information content (AvgIpc) is 0.908. The minimum absolute atomic E-state index is 0.0148. The number of carbonyl (C=O) groups excluding carboxylic acids is 8. The minimum Gasteiger partial charge on any atom is -0.352 e. The van der Waals surface area contributed by atoms with Gasteiger partial charge in [-0.2, -0.15) is 10.5 Å². The van der Waals surface area contributed by atoms with Crippen molar-refractivity contribution >= 4 is 98.7 Å². The third-order valence-electron chi connectivity index (χ3n) is 17.6. The van der Waals surface area contributed by atoms with Crippen molar-refractivity contribution in [2.45, 2.75) is 205 Å².